The summed E-state index contributed by atoms with van der Waals surface area (Å²) in [6.45, 7) is 3.97. The molecule has 0 radical (unpaired) electrons. The van der Waals surface area contributed by atoms with Crippen LogP contribution in [0.5, 0.6) is 17.2 Å². The fourth-order valence-electron chi connectivity index (χ4n) is 7.08. The third-order valence-corrected chi connectivity index (χ3v) is 10.00. The van der Waals surface area contributed by atoms with Crippen molar-refractivity contribution in [1.29, 1.82) is 0 Å². The van der Waals surface area contributed by atoms with Crippen LogP contribution in [0.2, 0.25) is 0 Å². The number of epoxide rings is 3. The molecule has 0 saturated carbocycles. The first-order chi connectivity index (χ1) is 25.2. The molecule has 6 heteroatoms. The van der Waals surface area contributed by atoms with Crippen molar-refractivity contribution in [2.75, 3.05) is 39.6 Å². The van der Waals surface area contributed by atoms with Crippen molar-refractivity contribution >= 4 is 32.3 Å². The van der Waals surface area contributed by atoms with Gasteiger partial charge in [-0.05, 0) is 85.9 Å². The summed E-state index contributed by atoms with van der Waals surface area (Å²) in [4.78, 5) is 0. The Kier molecular flexibility index (Phi) is 7.60. The molecule has 0 spiro atoms. The summed E-state index contributed by atoms with van der Waals surface area (Å²) >= 11 is 0. The smallest absolute Gasteiger partial charge is 0.127 e. The van der Waals surface area contributed by atoms with Gasteiger partial charge in [0.2, 0.25) is 0 Å². The van der Waals surface area contributed by atoms with Gasteiger partial charge in [-0.2, -0.15) is 0 Å². The number of benzene rings is 7. The molecule has 0 aliphatic carbocycles. The summed E-state index contributed by atoms with van der Waals surface area (Å²) in [5, 5.41) is 6.67. The van der Waals surface area contributed by atoms with Crippen LogP contribution < -0.4 is 14.2 Å². The maximum absolute atomic E-state index is 6.25. The molecule has 7 aromatic rings. The van der Waals surface area contributed by atoms with E-state index >= 15 is 0 Å². The molecular weight excluding hydrogens is 636 g/mol. The Balaban J connectivity index is 1.15. The zero-order valence-electron chi connectivity index (χ0n) is 28.0. The van der Waals surface area contributed by atoms with Crippen molar-refractivity contribution in [3.8, 4) is 50.6 Å². The highest BCUT2D eigenvalue weighted by Gasteiger charge is 2.26. The number of hydrogen-bond donors (Lipinski definition) is 0. The van der Waals surface area contributed by atoms with Gasteiger partial charge in [-0.15, -0.1) is 0 Å². The quantitative estimate of drug-likeness (QED) is 0.121. The van der Waals surface area contributed by atoms with Gasteiger partial charge in [0.15, 0.2) is 0 Å². The van der Waals surface area contributed by atoms with E-state index in [2.05, 4.69) is 127 Å². The first kappa shape index (κ1) is 30.4. The van der Waals surface area contributed by atoms with Crippen LogP contribution in [0.25, 0.3) is 65.7 Å². The molecule has 3 aliphatic heterocycles. The zero-order chi connectivity index (χ0) is 33.7. The highest BCUT2D eigenvalue weighted by Crippen LogP contribution is 2.43. The molecule has 252 valence electrons. The lowest BCUT2D eigenvalue weighted by Gasteiger charge is -2.18. The molecule has 3 fully saturated rings. The van der Waals surface area contributed by atoms with E-state index in [-0.39, 0.29) is 18.3 Å². The van der Waals surface area contributed by atoms with Crippen LogP contribution in [0.3, 0.4) is 0 Å². The number of fused-ring (bicyclic) bond motifs is 3. The number of ether oxygens (including phenoxy) is 6. The molecule has 51 heavy (non-hydrogen) atoms. The SMILES string of the molecule is c1ccc2c(-c3cc(-c4ccc(OCC5CO5)c5ccccc45)cc(-c4ccc(OCC5CO5)c5ccccc45)c3)ccc(OCC3CO3)c2c1. The predicted octanol–water partition coefficient (Wildman–Crippen LogP) is 9.48. The average Bonchev–Trinajstić information content (AvgIpc) is 4.03. The molecule has 0 bridgehead atoms. The Morgan fingerprint density at radius 1 is 0.373 bits per heavy atom. The Bertz CT molecular complexity index is 2140. The van der Waals surface area contributed by atoms with Crippen LogP contribution >= 0.6 is 0 Å². The summed E-state index contributed by atoms with van der Waals surface area (Å²) in [6, 6.07) is 45.3. The van der Waals surface area contributed by atoms with E-state index in [1.165, 1.54) is 0 Å². The molecular formula is C45H36O6. The molecule has 3 aliphatic rings. The highest BCUT2D eigenvalue weighted by atomic mass is 16.6. The number of rotatable bonds is 12. The van der Waals surface area contributed by atoms with Gasteiger partial charge >= 0.3 is 0 Å². The molecule has 7 aromatic carbocycles. The Labute approximate surface area is 296 Å². The van der Waals surface area contributed by atoms with Crippen molar-refractivity contribution in [2.45, 2.75) is 18.3 Å². The molecule has 3 heterocycles. The lowest BCUT2D eigenvalue weighted by Crippen LogP contribution is -2.04. The van der Waals surface area contributed by atoms with Crippen LogP contribution in [0.15, 0.2) is 127 Å². The van der Waals surface area contributed by atoms with Crippen molar-refractivity contribution in [1.82, 2.24) is 0 Å². The topological polar surface area (TPSA) is 65.3 Å². The molecule has 6 nitrogen and oxygen atoms in total. The average molecular weight is 673 g/mol. The van der Waals surface area contributed by atoms with Crippen molar-refractivity contribution in [2.24, 2.45) is 0 Å². The Morgan fingerprint density at radius 3 is 0.922 bits per heavy atom. The van der Waals surface area contributed by atoms with E-state index in [1.54, 1.807) is 0 Å². The van der Waals surface area contributed by atoms with E-state index in [0.717, 1.165) is 103 Å². The van der Waals surface area contributed by atoms with E-state index < -0.39 is 0 Å². The molecule has 10 rings (SSSR count). The van der Waals surface area contributed by atoms with Crippen LogP contribution in [-0.4, -0.2) is 58.0 Å². The summed E-state index contributed by atoms with van der Waals surface area (Å²) < 4.78 is 35.0. The summed E-state index contributed by atoms with van der Waals surface area (Å²) in [5.74, 6) is 2.62. The third kappa shape index (κ3) is 6.16. The van der Waals surface area contributed by atoms with E-state index in [1.807, 2.05) is 0 Å². The van der Waals surface area contributed by atoms with Gasteiger partial charge in [0.25, 0.3) is 0 Å². The Hall–Kier alpha value is -5.40. The van der Waals surface area contributed by atoms with E-state index in [9.17, 15) is 0 Å². The summed E-state index contributed by atoms with van der Waals surface area (Å²) in [6.07, 6.45) is 0.556. The van der Waals surface area contributed by atoms with Gasteiger partial charge in [-0.1, -0.05) is 91.0 Å². The molecule has 0 N–H and O–H groups in total. The van der Waals surface area contributed by atoms with Crippen molar-refractivity contribution in [3.05, 3.63) is 127 Å². The second-order valence-electron chi connectivity index (χ2n) is 13.6. The van der Waals surface area contributed by atoms with E-state index in [4.69, 9.17) is 28.4 Å². The minimum atomic E-state index is 0.185. The second-order valence-corrected chi connectivity index (χ2v) is 13.6. The maximum Gasteiger partial charge on any atom is 0.127 e. The second kappa shape index (κ2) is 12.7. The normalized spacial score (nSPS) is 18.9. The van der Waals surface area contributed by atoms with Crippen LogP contribution in [0, 0.1) is 0 Å². The molecule has 3 saturated heterocycles. The van der Waals surface area contributed by atoms with E-state index in [0.29, 0.717) is 19.8 Å². The van der Waals surface area contributed by atoms with Crippen LogP contribution in [-0.2, 0) is 14.2 Å². The fraction of sp³-hybridized carbons (Fsp3) is 0.200. The zero-order valence-corrected chi connectivity index (χ0v) is 28.0. The summed E-state index contributed by atoms with van der Waals surface area (Å²) in [7, 11) is 0. The maximum atomic E-state index is 6.25. The monoisotopic (exact) mass is 672 g/mol. The first-order valence-corrected chi connectivity index (χ1v) is 17.7. The van der Waals surface area contributed by atoms with Crippen LogP contribution in [0.4, 0.5) is 0 Å². The molecule has 3 unspecified atom stereocenters. The minimum absolute atomic E-state index is 0.185. The van der Waals surface area contributed by atoms with Crippen molar-refractivity contribution in [3.63, 3.8) is 0 Å². The van der Waals surface area contributed by atoms with Crippen molar-refractivity contribution < 1.29 is 28.4 Å². The molecule has 0 amide bonds. The van der Waals surface area contributed by atoms with Gasteiger partial charge in [-0.25, -0.2) is 0 Å². The van der Waals surface area contributed by atoms with Gasteiger partial charge in [0.05, 0.1) is 19.8 Å². The third-order valence-electron chi connectivity index (χ3n) is 10.00. The fourth-order valence-corrected chi connectivity index (χ4v) is 7.08. The molecule has 0 aromatic heterocycles. The van der Waals surface area contributed by atoms with Gasteiger partial charge in [-0.3, -0.25) is 0 Å². The standard InChI is InChI=1S/C45H36O6/c1-4-10-40-37(7-1)34(13-16-43(40)49-25-31-22-46-31)28-19-29(35-14-17-44(50-26-32-23-47-32)41-11-5-2-8-38(35)41)21-30(20-28)36-15-18-45(51-27-33-24-48-33)42-12-6-3-9-39(36)42/h1-21,31-33H,22-27H2. The van der Waals surface area contributed by atoms with Gasteiger partial charge in [0.1, 0.15) is 55.4 Å². The highest BCUT2D eigenvalue weighted by molar-refractivity contribution is 6.06. The lowest BCUT2D eigenvalue weighted by atomic mass is 9.88. The largest absolute Gasteiger partial charge is 0.490 e. The first-order valence-electron chi connectivity index (χ1n) is 17.7. The lowest BCUT2D eigenvalue weighted by molar-refractivity contribution is 0.265. The predicted molar refractivity (Wildman–Crippen MR) is 201 cm³/mol. The van der Waals surface area contributed by atoms with Gasteiger partial charge < -0.3 is 28.4 Å². The number of hydrogen-bond acceptors (Lipinski definition) is 6. The molecule has 3 atom stereocenters. The summed E-state index contributed by atoms with van der Waals surface area (Å²) in [5.41, 5.74) is 6.81. The van der Waals surface area contributed by atoms with Gasteiger partial charge in [0, 0.05) is 16.2 Å². The van der Waals surface area contributed by atoms with Crippen LogP contribution in [0.1, 0.15) is 0 Å². The minimum Gasteiger partial charge on any atom is -0.490 e. The Morgan fingerprint density at radius 2 is 0.647 bits per heavy atom.